The van der Waals surface area contributed by atoms with Gasteiger partial charge in [0.25, 0.3) is 5.91 Å². The molecule has 6 nitrogen and oxygen atoms in total. The molecule has 1 aromatic heterocycles. The Labute approximate surface area is 150 Å². The van der Waals surface area contributed by atoms with Crippen molar-refractivity contribution in [2.45, 2.75) is 31.7 Å². The molecular formula is C15H16Cl2N2O4S. The van der Waals surface area contributed by atoms with Crippen LogP contribution >= 0.6 is 23.2 Å². The number of carbonyl (C=O) groups is 1. The van der Waals surface area contributed by atoms with Gasteiger partial charge in [-0.1, -0.05) is 29.3 Å². The molecule has 3 N–H and O–H groups in total. The number of carbonyl (C=O) groups excluding carboxylic acids is 1. The van der Waals surface area contributed by atoms with E-state index < -0.39 is 22.0 Å². The van der Waals surface area contributed by atoms with Gasteiger partial charge < -0.3 is 9.73 Å². The van der Waals surface area contributed by atoms with E-state index in [0.29, 0.717) is 15.6 Å². The molecule has 0 fully saturated rings. The number of nitrogens with one attached hydrogen (secondary N) is 1. The van der Waals surface area contributed by atoms with Crippen LogP contribution in [0.2, 0.25) is 10.0 Å². The van der Waals surface area contributed by atoms with E-state index in [1.807, 2.05) is 0 Å². The monoisotopic (exact) mass is 390 g/mol. The summed E-state index contributed by atoms with van der Waals surface area (Å²) in [5.41, 5.74) is 0.538. The first-order valence-electron chi connectivity index (χ1n) is 6.91. The molecule has 1 heterocycles. The van der Waals surface area contributed by atoms with Crippen molar-refractivity contribution in [3.05, 3.63) is 50.9 Å². The number of amides is 1. The Morgan fingerprint density at radius 1 is 1.25 bits per heavy atom. The van der Waals surface area contributed by atoms with Gasteiger partial charge in [0.2, 0.25) is 10.0 Å². The maximum atomic E-state index is 12.5. The maximum Gasteiger partial charge on any atom is 0.256 e. The molecule has 2 rings (SSSR count). The second-order valence-electron chi connectivity index (χ2n) is 5.32. The van der Waals surface area contributed by atoms with E-state index >= 15 is 0 Å². The van der Waals surface area contributed by atoms with Crippen LogP contribution in [0.3, 0.4) is 0 Å². The average Bonchev–Trinajstić information content (AvgIpc) is 2.72. The lowest BCUT2D eigenvalue weighted by Crippen LogP contribution is -2.29. The number of rotatable bonds is 4. The highest BCUT2D eigenvalue weighted by Crippen LogP contribution is 2.29. The van der Waals surface area contributed by atoms with Gasteiger partial charge in [-0.05, 0) is 38.5 Å². The van der Waals surface area contributed by atoms with Gasteiger partial charge in [-0.3, -0.25) is 4.79 Å². The van der Waals surface area contributed by atoms with Gasteiger partial charge in [0.1, 0.15) is 22.0 Å². The fourth-order valence-corrected chi connectivity index (χ4v) is 4.00. The molecule has 1 amide bonds. The second-order valence-corrected chi connectivity index (χ2v) is 7.67. The SMILES string of the molecule is Cc1oc(C)c(S(N)(=O)=O)c1C(=O)N[C@H](C)c1ccc(Cl)cc1Cl. The minimum Gasteiger partial charge on any atom is -0.464 e. The van der Waals surface area contributed by atoms with Crippen LogP contribution in [0.15, 0.2) is 27.5 Å². The van der Waals surface area contributed by atoms with E-state index in [1.165, 1.54) is 13.8 Å². The molecule has 0 bridgehead atoms. The third-order valence-corrected chi connectivity index (χ3v) is 5.12. The molecule has 0 saturated heterocycles. The normalized spacial score (nSPS) is 12.9. The van der Waals surface area contributed by atoms with Crippen LogP contribution in [0.5, 0.6) is 0 Å². The zero-order valence-corrected chi connectivity index (χ0v) is 15.5. The minimum absolute atomic E-state index is 0.0670. The van der Waals surface area contributed by atoms with E-state index in [-0.39, 0.29) is 22.0 Å². The van der Waals surface area contributed by atoms with Crippen molar-refractivity contribution in [2.24, 2.45) is 5.14 Å². The third-order valence-electron chi connectivity index (χ3n) is 3.49. The highest BCUT2D eigenvalue weighted by Gasteiger charge is 2.29. The fourth-order valence-electron chi connectivity index (χ4n) is 2.47. The zero-order valence-electron chi connectivity index (χ0n) is 13.2. The predicted molar refractivity (Wildman–Crippen MR) is 91.9 cm³/mol. The van der Waals surface area contributed by atoms with Crippen LogP contribution in [0, 0.1) is 13.8 Å². The van der Waals surface area contributed by atoms with Gasteiger partial charge >= 0.3 is 0 Å². The quantitative estimate of drug-likeness (QED) is 0.834. The van der Waals surface area contributed by atoms with Gasteiger partial charge in [0.15, 0.2) is 0 Å². The molecule has 0 aliphatic carbocycles. The van der Waals surface area contributed by atoms with Crippen molar-refractivity contribution >= 4 is 39.1 Å². The summed E-state index contributed by atoms with van der Waals surface area (Å²) in [6, 6.07) is 4.41. The number of nitrogens with two attached hydrogens (primary N) is 1. The summed E-state index contributed by atoms with van der Waals surface area (Å²) >= 11 is 12.0. The Bertz CT molecular complexity index is 906. The Morgan fingerprint density at radius 3 is 2.42 bits per heavy atom. The molecule has 0 saturated carbocycles. The van der Waals surface area contributed by atoms with Gasteiger partial charge in [-0.15, -0.1) is 0 Å². The molecule has 0 radical (unpaired) electrons. The van der Waals surface area contributed by atoms with Gasteiger partial charge in [-0.2, -0.15) is 0 Å². The summed E-state index contributed by atoms with van der Waals surface area (Å²) in [5.74, 6) is -0.382. The fraction of sp³-hybridized carbons (Fsp3) is 0.267. The molecule has 0 unspecified atom stereocenters. The van der Waals surface area contributed by atoms with E-state index in [1.54, 1.807) is 25.1 Å². The summed E-state index contributed by atoms with van der Waals surface area (Å²) in [6.45, 7) is 4.64. The molecule has 24 heavy (non-hydrogen) atoms. The summed E-state index contributed by atoms with van der Waals surface area (Å²) < 4.78 is 28.7. The van der Waals surface area contributed by atoms with E-state index in [0.717, 1.165) is 0 Å². The average molecular weight is 391 g/mol. The molecule has 1 aromatic carbocycles. The zero-order chi connectivity index (χ0) is 18.2. The third kappa shape index (κ3) is 3.75. The first-order chi connectivity index (χ1) is 11.0. The highest BCUT2D eigenvalue weighted by atomic mass is 35.5. The molecule has 0 spiro atoms. The Hall–Kier alpha value is -1.54. The number of primary sulfonamides is 1. The first kappa shape index (κ1) is 18.8. The number of hydrogen-bond donors (Lipinski definition) is 2. The van der Waals surface area contributed by atoms with Crippen molar-refractivity contribution in [2.75, 3.05) is 0 Å². The van der Waals surface area contributed by atoms with Crippen LogP contribution in [0.4, 0.5) is 0 Å². The Kier molecular flexibility index (Phi) is 5.29. The molecule has 1 atom stereocenters. The second kappa shape index (κ2) is 6.76. The number of halogens is 2. The number of furan rings is 1. The van der Waals surface area contributed by atoms with Crippen LogP contribution in [0.25, 0.3) is 0 Å². The minimum atomic E-state index is -4.10. The summed E-state index contributed by atoms with van der Waals surface area (Å²) in [6.07, 6.45) is 0. The highest BCUT2D eigenvalue weighted by molar-refractivity contribution is 7.89. The van der Waals surface area contributed by atoms with Gasteiger partial charge in [0, 0.05) is 10.0 Å². The lowest BCUT2D eigenvalue weighted by atomic mass is 10.1. The smallest absolute Gasteiger partial charge is 0.256 e. The van der Waals surface area contributed by atoms with E-state index in [2.05, 4.69) is 5.32 Å². The largest absolute Gasteiger partial charge is 0.464 e. The lowest BCUT2D eigenvalue weighted by molar-refractivity contribution is 0.0935. The van der Waals surface area contributed by atoms with E-state index in [4.69, 9.17) is 32.8 Å². The molecule has 0 aliphatic rings. The molecule has 130 valence electrons. The van der Waals surface area contributed by atoms with Crippen LogP contribution in [-0.4, -0.2) is 14.3 Å². The topological polar surface area (TPSA) is 102 Å². The summed E-state index contributed by atoms with van der Waals surface area (Å²) in [5, 5.41) is 8.74. The summed E-state index contributed by atoms with van der Waals surface area (Å²) in [4.78, 5) is 12.2. The van der Waals surface area contributed by atoms with Crippen molar-refractivity contribution in [3.8, 4) is 0 Å². The number of sulfonamides is 1. The van der Waals surface area contributed by atoms with Crippen LogP contribution < -0.4 is 10.5 Å². The number of benzene rings is 1. The summed E-state index contributed by atoms with van der Waals surface area (Å²) in [7, 11) is -4.10. The molecule has 2 aromatic rings. The molecule has 9 heteroatoms. The molecule has 0 aliphatic heterocycles. The van der Waals surface area contributed by atoms with Gasteiger partial charge in [0.05, 0.1) is 6.04 Å². The van der Waals surface area contributed by atoms with Crippen molar-refractivity contribution in [1.82, 2.24) is 5.32 Å². The number of aryl methyl sites for hydroxylation is 2. The Morgan fingerprint density at radius 2 is 1.88 bits per heavy atom. The number of hydrogen-bond acceptors (Lipinski definition) is 4. The molecular weight excluding hydrogens is 375 g/mol. The van der Waals surface area contributed by atoms with Crippen molar-refractivity contribution in [3.63, 3.8) is 0 Å². The van der Waals surface area contributed by atoms with Crippen molar-refractivity contribution < 1.29 is 17.6 Å². The predicted octanol–water partition coefficient (Wildman–Crippen LogP) is 3.34. The van der Waals surface area contributed by atoms with Crippen LogP contribution in [0.1, 0.15) is 40.4 Å². The maximum absolute atomic E-state index is 12.5. The van der Waals surface area contributed by atoms with Gasteiger partial charge in [-0.25, -0.2) is 13.6 Å². The van der Waals surface area contributed by atoms with E-state index in [9.17, 15) is 13.2 Å². The standard InChI is InChI=1S/C15H16Cl2N2O4S/c1-7(11-5-4-10(16)6-12(11)17)19-15(20)13-8(2)23-9(3)14(13)24(18,21)22/h4-7H,1-3H3,(H,19,20)(H2,18,21,22)/t7-/m1/s1. The Balaban J connectivity index is 2.37. The van der Waals surface area contributed by atoms with Crippen molar-refractivity contribution in [1.29, 1.82) is 0 Å². The first-order valence-corrected chi connectivity index (χ1v) is 9.21. The van der Waals surface area contributed by atoms with Crippen LogP contribution in [-0.2, 0) is 10.0 Å². The lowest BCUT2D eigenvalue weighted by Gasteiger charge is -2.16.